The van der Waals surface area contributed by atoms with Crippen molar-refractivity contribution >= 4 is 29.1 Å². The van der Waals surface area contributed by atoms with Gasteiger partial charge in [0.1, 0.15) is 5.82 Å². The van der Waals surface area contributed by atoms with Gasteiger partial charge in [0.05, 0.1) is 16.2 Å². The van der Waals surface area contributed by atoms with Crippen LogP contribution in [0, 0.1) is 5.82 Å². The Balaban J connectivity index is 2.27. The number of rotatable bonds is 3. The molecule has 17 heavy (non-hydrogen) atoms. The quantitative estimate of drug-likeness (QED) is 0.889. The number of hydrogen-bond donors (Lipinski definition) is 2. The lowest BCUT2D eigenvalue weighted by molar-refractivity contribution is 0.479. The molecule has 0 saturated carbocycles. The number of nitrogens with two attached hydrogens (primary N) is 1. The summed E-state index contributed by atoms with van der Waals surface area (Å²) in [6, 6.07) is 4.35. The second kappa shape index (κ2) is 5.04. The van der Waals surface area contributed by atoms with Crippen LogP contribution in [0.4, 0.5) is 10.1 Å². The van der Waals surface area contributed by atoms with Crippen LogP contribution in [0.2, 0.25) is 5.02 Å². The predicted octanol–water partition coefficient (Wildman–Crippen LogP) is 3.11. The molecule has 2 unspecified atom stereocenters. The molecule has 1 heterocycles. The van der Waals surface area contributed by atoms with Gasteiger partial charge >= 0.3 is 0 Å². The summed E-state index contributed by atoms with van der Waals surface area (Å²) in [7, 11) is 0. The SMILES string of the molecule is CC1SCCC1(CN)Nc1cc(F)ccc1Cl. The molecule has 1 aromatic rings. The molecule has 1 aromatic carbocycles. The number of hydrogen-bond acceptors (Lipinski definition) is 3. The molecule has 0 spiro atoms. The van der Waals surface area contributed by atoms with Crippen molar-refractivity contribution < 1.29 is 4.39 Å². The number of thioether (sulfide) groups is 1. The zero-order valence-corrected chi connectivity index (χ0v) is 11.2. The van der Waals surface area contributed by atoms with Gasteiger partial charge in [-0.3, -0.25) is 0 Å². The summed E-state index contributed by atoms with van der Waals surface area (Å²) in [6.45, 7) is 2.67. The Hall–Kier alpha value is -0.450. The van der Waals surface area contributed by atoms with E-state index in [0.29, 0.717) is 22.5 Å². The van der Waals surface area contributed by atoms with Gasteiger partial charge in [-0.25, -0.2) is 4.39 Å². The molecule has 1 aliphatic heterocycles. The highest BCUT2D eigenvalue weighted by Gasteiger charge is 2.40. The Morgan fingerprint density at radius 3 is 3.00 bits per heavy atom. The van der Waals surface area contributed by atoms with E-state index in [9.17, 15) is 4.39 Å². The Bertz CT molecular complexity index is 415. The lowest BCUT2D eigenvalue weighted by Crippen LogP contribution is -2.49. The molecule has 5 heteroatoms. The van der Waals surface area contributed by atoms with Gasteiger partial charge < -0.3 is 11.1 Å². The fraction of sp³-hybridized carbons (Fsp3) is 0.500. The standard InChI is InChI=1S/C12H16ClFN2S/c1-8-12(7-15,4-5-17-8)16-11-6-9(14)2-3-10(11)13/h2-3,6,8,16H,4-5,7,15H2,1H3. The van der Waals surface area contributed by atoms with Crippen molar-refractivity contribution in [2.45, 2.75) is 24.1 Å². The first-order chi connectivity index (χ1) is 8.07. The normalized spacial score (nSPS) is 28.4. The highest BCUT2D eigenvalue weighted by molar-refractivity contribution is 8.00. The zero-order valence-electron chi connectivity index (χ0n) is 9.67. The van der Waals surface area contributed by atoms with E-state index in [2.05, 4.69) is 12.2 Å². The highest BCUT2D eigenvalue weighted by Crippen LogP contribution is 2.39. The first-order valence-corrected chi connectivity index (χ1v) is 7.05. The average molecular weight is 275 g/mol. The molecule has 3 N–H and O–H groups in total. The third kappa shape index (κ3) is 2.54. The summed E-state index contributed by atoms with van der Waals surface area (Å²) in [5, 5.41) is 4.27. The van der Waals surface area contributed by atoms with E-state index in [1.165, 1.54) is 12.1 Å². The topological polar surface area (TPSA) is 38.0 Å². The molecule has 0 amide bonds. The van der Waals surface area contributed by atoms with Crippen LogP contribution >= 0.6 is 23.4 Å². The first kappa shape index (κ1) is 13.0. The van der Waals surface area contributed by atoms with Crippen LogP contribution in [0.25, 0.3) is 0 Å². The second-order valence-electron chi connectivity index (χ2n) is 4.37. The van der Waals surface area contributed by atoms with E-state index in [1.807, 2.05) is 11.8 Å². The van der Waals surface area contributed by atoms with Gasteiger partial charge in [-0.2, -0.15) is 11.8 Å². The van der Waals surface area contributed by atoms with E-state index < -0.39 is 0 Å². The van der Waals surface area contributed by atoms with Gasteiger partial charge in [0.2, 0.25) is 0 Å². The smallest absolute Gasteiger partial charge is 0.125 e. The lowest BCUT2D eigenvalue weighted by atomic mass is 9.92. The minimum atomic E-state index is -0.289. The van der Waals surface area contributed by atoms with Crippen molar-refractivity contribution in [1.82, 2.24) is 0 Å². The van der Waals surface area contributed by atoms with Gasteiger partial charge in [-0.15, -0.1) is 0 Å². The minimum absolute atomic E-state index is 0.178. The van der Waals surface area contributed by atoms with Crippen molar-refractivity contribution in [2.75, 3.05) is 17.6 Å². The second-order valence-corrected chi connectivity index (χ2v) is 6.23. The highest BCUT2D eigenvalue weighted by atomic mass is 35.5. The summed E-state index contributed by atoms with van der Waals surface area (Å²) in [4.78, 5) is 0. The van der Waals surface area contributed by atoms with Crippen molar-refractivity contribution in [3.63, 3.8) is 0 Å². The fourth-order valence-corrected chi connectivity index (χ4v) is 3.72. The molecule has 1 aliphatic rings. The van der Waals surface area contributed by atoms with E-state index in [0.717, 1.165) is 12.2 Å². The van der Waals surface area contributed by atoms with Crippen LogP contribution in [-0.4, -0.2) is 23.1 Å². The van der Waals surface area contributed by atoms with Gasteiger partial charge in [-0.1, -0.05) is 18.5 Å². The zero-order chi connectivity index (χ0) is 12.5. The maximum atomic E-state index is 13.2. The van der Waals surface area contributed by atoms with E-state index >= 15 is 0 Å². The van der Waals surface area contributed by atoms with Crippen molar-refractivity contribution in [3.05, 3.63) is 29.0 Å². The largest absolute Gasteiger partial charge is 0.376 e. The molecule has 1 fully saturated rings. The first-order valence-electron chi connectivity index (χ1n) is 5.62. The Morgan fingerprint density at radius 1 is 1.65 bits per heavy atom. The maximum Gasteiger partial charge on any atom is 0.125 e. The Labute approximate surface area is 110 Å². The van der Waals surface area contributed by atoms with Crippen molar-refractivity contribution in [1.29, 1.82) is 0 Å². The third-order valence-electron chi connectivity index (χ3n) is 3.37. The van der Waals surface area contributed by atoms with Crippen LogP contribution in [0.15, 0.2) is 18.2 Å². The number of anilines is 1. The molecular formula is C12H16ClFN2S. The van der Waals surface area contributed by atoms with Gasteiger partial charge in [-0.05, 0) is 30.4 Å². The molecule has 2 nitrogen and oxygen atoms in total. The molecule has 2 atom stereocenters. The summed E-state index contributed by atoms with van der Waals surface area (Å²) in [6.07, 6.45) is 0.974. The monoisotopic (exact) mass is 274 g/mol. The Morgan fingerprint density at radius 2 is 2.41 bits per heavy atom. The van der Waals surface area contributed by atoms with E-state index in [4.69, 9.17) is 17.3 Å². The number of nitrogens with one attached hydrogen (secondary N) is 1. The molecule has 0 aliphatic carbocycles. The Kier molecular flexibility index (Phi) is 3.85. The van der Waals surface area contributed by atoms with Crippen molar-refractivity contribution in [2.24, 2.45) is 5.73 Å². The van der Waals surface area contributed by atoms with E-state index in [-0.39, 0.29) is 11.4 Å². The molecule has 0 aromatic heterocycles. The number of benzene rings is 1. The number of halogens is 2. The molecule has 0 radical (unpaired) electrons. The summed E-state index contributed by atoms with van der Waals surface area (Å²) < 4.78 is 13.2. The van der Waals surface area contributed by atoms with Gasteiger partial charge in [0.25, 0.3) is 0 Å². The van der Waals surface area contributed by atoms with Crippen LogP contribution in [0.1, 0.15) is 13.3 Å². The van der Waals surface area contributed by atoms with Crippen molar-refractivity contribution in [3.8, 4) is 0 Å². The summed E-state index contributed by atoms with van der Waals surface area (Å²) in [5.74, 6) is 0.778. The van der Waals surface area contributed by atoms with Crippen LogP contribution in [0.3, 0.4) is 0 Å². The van der Waals surface area contributed by atoms with Crippen LogP contribution < -0.4 is 11.1 Å². The van der Waals surface area contributed by atoms with Crippen LogP contribution in [0.5, 0.6) is 0 Å². The molecule has 1 saturated heterocycles. The van der Waals surface area contributed by atoms with Gasteiger partial charge in [0, 0.05) is 11.8 Å². The summed E-state index contributed by atoms with van der Waals surface area (Å²) >= 11 is 7.94. The van der Waals surface area contributed by atoms with Crippen LogP contribution in [-0.2, 0) is 0 Å². The summed E-state index contributed by atoms with van der Waals surface area (Å²) in [5.41, 5.74) is 6.34. The van der Waals surface area contributed by atoms with Gasteiger partial charge in [0.15, 0.2) is 0 Å². The lowest BCUT2D eigenvalue weighted by Gasteiger charge is -2.34. The molecule has 94 valence electrons. The minimum Gasteiger partial charge on any atom is -0.376 e. The molecular weight excluding hydrogens is 259 g/mol. The molecule has 2 rings (SSSR count). The molecule has 0 bridgehead atoms. The van der Waals surface area contributed by atoms with E-state index in [1.54, 1.807) is 6.07 Å². The third-order valence-corrected chi connectivity index (χ3v) is 5.09. The average Bonchev–Trinajstić information content (AvgIpc) is 2.66. The maximum absolute atomic E-state index is 13.2. The predicted molar refractivity (Wildman–Crippen MR) is 73.4 cm³/mol. The fourth-order valence-electron chi connectivity index (χ4n) is 2.13.